The molecule has 2 aromatic heterocycles. The first-order valence-corrected chi connectivity index (χ1v) is 10.5. The normalized spacial score (nSPS) is 16.2. The Morgan fingerprint density at radius 3 is 2.71 bits per heavy atom. The van der Waals surface area contributed by atoms with Crippen LogP contribution in [-0.4, -0.2) is 39.8 Å². The molecule has 1 aliphatic heterocycles. The second kappa shape index (κ2) is 9.12. The van der Waals surface area contributed by atoms with Gasteiger partial charge < -0.3 is 14.6 Å². The fourth-order valence-corrected chi connectivity index (χ4v) is 3.74. The number of oxazole rings is 1. The summed E-state index contributed by atoms with van der Waals surface area (Å²) >= 11 is 0. The van der Waals surface area contributed by atoms with E-state index < -0.39 is 0 Å². The molecule has 1 aliphatic rings. The van der Waals surface area contributed by atoms with Crippen LogP contribution in [0.1, 0.15) is 29.9 Å². The van der Waals surface area contributed by atoms with Crippen molar-refractivity contribution in [1.29, 1.82) is 0 Å². The zero-order chi connectivity index (χ0) is 21.8. The van der Waals surface area contributed by atoms with Crippen molar-refractivity contribution in [3.63, 3.8) is 0 Å². The first-order valence-electron chi connectivity index (χ1n) is 10.5. The van der Waals surface area contributed by atoms with Gasteiger partial charge in [0.25, 0.3) is 0 Å². The van der Waals surface area contributed by atoms with Crippen LogP contribution < -0.4 is 5.32 Å². The van der Waals surface area contributed by atoms with E-state index in [0.29, 0.717) is 36.3 Å². The van der Waals surface area contributed by atoms with Crippen molar-refractivity contribution < 1.29 is 14.0 Å². The van der Waals surface area contributed by atoms with Crippen molar-refractivity contribution in [2.45, 2.75) is 33.1 Å². The second-order valence-electron chi connectivity index (χ2n) is 7.95. The van der Waals surface area contributed by atoms with Crippen molar-refractivity contribution in [2.75, 3.05) is 18.4 Å². The molecule has 7 heteroatoms. The maximum atomic E-state index is 12.9. The number of nitrogens with zero attached hydrogens (tertiary/aromatic N) is 3. The molecule has 31 heavy (non-hydrogen) atoms. The lowest BCUT2D eigenvalue weighted by atomic mass is 9.96. The molecule has 1 fully saturated rings. The summed E-state index contributed by atoms with van der Waals surface area (Å²) in [4.78, 5) is 36.1. The third-order valence-electron chi connectivity index (χ3n) is 5.54. The van der Waals surface area contributed by atoms with Gasteiger partial charge in [-0.05, 0) is 50.5 Å². The first kappa shape index (κ1) is 20.8. The number of hydrogen-bond donors (Lipinski definition) is 1. The first-order chi connectivity index (χ1) is 15.0. The van der Waals surface area contributed by atoms with Gasteiger partial charge in [-0.15, -0.1) is 0 Å². The van der Waals surface area contributed by atoms with Crippen LogP contribution in [0.15, 0.2) is 53.1 Å². The molecular formula is C24H26N4O3. The number of likely N-dealkylation sites (tertiary alicyclic amines) is 1. The number of carbonyl (C=O) groups excluding carboxylic acids is 2. The summed E-state index contributed by atoms with van der Waals surface area (Å²) in [5, 5.41) is 2.86. The smallest absolute Gasteiger partial charge is 0.230 e. The van der Waals surface area contributed by atoms with Gasteiger partial charge in [-0.25, -0.2) is 9.97 Å². The standard InChI is InChI=1S/C24H26N4O3/c1-16-10-11-21(25-14-16)27-23(30)19-9-6-12-28(15-19)22(29)13-20-17(2)31-24(26-20)18-7-4-3-5-8-18/h3-5,7-8,10-11,14,19H,6,9,12-13,15H2,1-2H3,(H,25,27,30)/t19-/m1/s1. The monoisotopic (exact) mass is 418 g/mol. The quantitative estimate of drug-likeness (QED) is 0.681. The molecular weight excluding hydrogens is 392 g/mol. The molecule has 7 nitrogen and oxygen atoms in total. The summed E-state index contributed by atoms with van der Waals surface area (Å²) in [6.07, 6.45) is 3.42. The van der Waals surface area contributed by atoms with Gasteiger partial charge in [-0.2, -0.15) is 0 Å². The van der Waals surface area contributed by atoms with Gasteiger partial charge in [0.2, 0.25) is 17.7 Å². The molecule has 0 bridgehead atoms. The number of benzene rings is 1. The van der Waals surface area contributed by atoms with E-state index in [0.717, 1.165) is 24.0 Å². The molecule has 3 heterocycles. The Labute approximate surface area is 181 Å². The minimum Gasteiger partial charge on any atom is -0.441 e. The summed E-state index contributed by atoms with van der Waals surface area (Å²) in [6.45, 7) is 4.82. The van der Waals surface area contributed by atoms with E-state index in [-0.39, 0.29) is 24.2 Å². The van der Waals surface area contributed by atoms with Crippen LogP contribution in [0.3, 0.4) is 0 Å². The molecule has 4 rings (SSSR count). The zero-order valence-corrected chi connectivity index (χ0v) is 17.8. The third kappa shape index (κ3) is 4.99. The lowest BCUT2D eigenvalue weighted by Gasteiger charge is -2.32. The fourth-order valence-electron chi connectivity index (χ4n) is 3.74. The van der Waals surface area contributed by atoms with Gasteiger partial charge in [0.05, 0.1) is 18.0 Å². The van der Waals surface area contributed by atoms with Gasteiger partial charge in [-0.1, -0.05) is 24.3 Å². The van der Waals surface area contributed by atoms with Crippen LogP contribution >= 0.6 is 0 Å². The largest absolute Gasteiger partial charge is 0.441 e. The van der Waals surface area contributed by atoms with Crippen molar-refractivity contribution >= 4 is 17.6 Å². The van der Waals surface area contributed by atoms with Crippen LogP contribution in [0.5, 0.6) is 0 Å². The Bertz CT molecular complexity index is 1060. The number of aromatic nitrogens is 2. The number of carbonyl (C=O) groups is 2. The molecule has 0 saturated carbocycles. The number of rotatable bonds is 5. The summed E-state index contributed by atoms with van der Waals surface area (Å²) in [5.41, 5.74) is 2.55. The molecule has 2 amide bonds. The Kier molecular flexibility index (Phi) is 6.11. The number of anilines is 1. The molecule has 0 radical (unpaired) electrons. The van der Waals surface area contributed by atoms with Gasteiger partial charge in [0.15, 0.2) is 0 Å². The molecule has 1 aromatic carbocycles. The van der Waals surface area contributed by atoms with Crippen LogP contribution in [0.25, 0.3) is 11.5 Å². The van der Waals surface area contributed by atoms with Crippen molar-refractivity contribution in [3.05, 3.63) is 65.7 Å². The van der Waals surface area contributed by atoms with E-state index in [1.165, 1.54) is 0 Å². The van der Waals surface area contributed by atoms with Crippen molar-refractivity contribution in [1.82, 2.24) is 14.9 Å². The van der Waals surface area contributed by atoms with Gasteiger partial charge >= 0.3 is 0 Å². The van der Waals surface area contributed by atoms with Crippen molar-refractivity contribution in [3.8, 4) is 11.5 Å². The fraction of sp³-hybridized carbons (Fsp3) is 0.333. The van der Waals surface area contributed by atoms with E-state index in [9.17, 15) is 9.59 Å². The molecule has 160 valence electrons. The van der Waals surface area contributed by atoms with E-state index in [1.807, 2.05) is 50.2 Å². The summed E-state index contributed by atoms with van der Waals surface area (Å²) in [6, 6.07) is 13.3. The van der Waals surface area contributed by atoms with Gasteiger partial charge in [-0.3, -0.25) is 9.59 Å². The maximum absolute atomic E-state index is 12.9. The topological polar surface area (TPSA) is 88.3 Å². The Hall–Kier alpha value is -3.48. The molecule has 0 unspecified atom stereocenters. The highest BCUT2D eigenvalue weighted by molar-refractivity contribution is 5.92. The summed E-state index contributed by atoms with van der Waals surface area (Å²) in [7, 11) is 0. The number of nitrogens with one attached hydrogen (secondary N) is 1. The molecule has 1 saturated heterocycles. The van der Waals surface area contributed by atoms with Crippen molar-refractivity contribution in [2.24, 2.45) is 5.92 Å². The number of amides is 2. The summed E-state index contributed by atoms with van der Waals surface area (Å²) in [5.74, 6) is 1.30. The minimum absolute atomic E-state index is 0.0398. The predicted octanol–water partition coefficient (Wildman–Crippen LogP) is 3.77. The van der Waals surface area contributed by atoms with Crippen LogP contribution in [0.4, 0.5) is 5.82 Å². The third-order valence-corrected chi connectivity index (χ3v) is 5.54. The van der Waals surface area contributed by atoms with Gasteiger partial charge in [0, 0.05) is 24.8 Å². The minimum atomic E-state index is -0.251. The van der Waals surface area contributed by atoms with Crippen LogP contribution in [-0.2, 0) is 16.0 Å². The van der Waals surface area contributed by atoms with Crippen LogP contribution in [0, 0.1) is 19.8 Å². The highest BCUT2D eigenvalue weighted by atomic mass is 16.4. The molecule has 1 atom stereocenters. The second-order valence-corrected chi connectivity index (χ2v) is 7.95. The number of piperidine rings is 1. The highest BCUT2D eigenvalue weighted by Crippen LogP contribution is 2.23. The highest BCUT2D eigenvalue weighted by Gasteiger charge is 2.29. The van der Waals surface area contributed by atoms with Crippen LogP contribution in [0.2, 0.25) is 0 Å². The molecule has 0 spiro atoms. The van der Waals surface area contributed by atoms with E-state index >= 15 is 0 Å². The Morgan fingerprint density at radius 1 is 1.16 bits per heavy atom. The maximum Gasteiger partial charge on any atom is 0.230 e. The molecule has 0 aliphatic carbocycles. The number of hydrogen-bond acceptors (Lipinski definition) is 5. The van der Waals surface area contributed by atoms with E-state index in [4.69, 9.17) is 4.42 Å². The van der Waals surface area contributed by atoms with E-state index in [1.54, 1.807) is 17.2 Å². The lowest BCUT2D eigenvalue weighted by Crippen LogP contribution is -2.44. The molecule has 3 aromatic rings. The lowest BCUT2D eigenvalue weighted by molar-refractivity contribution is -0.134. The molecule has 1 N–H and O–H groups in total. The Morgan fingerprint density at radius 2 is 1.97 bits per heavy atom. The summed E-state index contributed by atoms with van der Waals surface area (Å²) < 4.78 is 5.77. The predicted molar refractivity (Wildman–Crippen MR) is 117 cm³/mol. The number of pyridine rings is 1. The SMILES string of the molecule is Cc1ccc(NC(=O)[C@@H]2CCCN(C(=O)Cc3nc(-c4ccccc4)oc3C)C2)nc1. The average molecular weight is 418 g/mol. The van der Waals surface area contributed by atoms with E-state index in [2.05, 4.69) is 15.3 Å². The number of aryl methyl sites for hydroxylation is 2. The van der Waals surface area contributed by atoms with Gasteiger partial charge in [0.1, 0.15) is 11.6 Å². The zero-order valence-electron chi connectivity index (χ0n) is 17.8. The average Bonchev–Trinajstić information content (AvgIpc) is 3.16. The Balaban J connectivity index is 1.38.